The number of aryl methyl sites for hydroxylation is 1. The monoisotopic (exact) mass is 462 g/mol. The van der Waals surface area contributed by atoms with Gasteiger partial charge >= 0.3 is 0 Å². The van der Waals surface area contributed by atoms with Crippen LogP contribution in [0.25, 0.3) is 0 Å². The van der Waals surface area contributed by atoms with Gasteiger partial charge in [-0.25, -0.2) is 12.7 Å². The topological polar surface area (TPSA) is 66.5 Å². The van der Waals surface area contributed by atoms with Crippen LogP contribution in [0, 0.1) is 6.92 Å². The number of hydrogen-bond donors (Lipinski definition) is 1. The van der Waals surface area contributed by atoms with Crippen LogP contribution in [0.2, 0.25) is 0 Å². The quantitative estimate of drug-likeness (QED) is 0.547. The Morgan fingerprint density at radius 3 is 2.18 bits per heavy atom. The second-order valence-corrected chi connectivity index (χ2v) is 10.6. The molecule has 4 rings (SSSR count). The van der Waals surface area contributed by atoms with Gasteiger partial charge in [-0.2, -0.15) is 0 Å². The average molecular weight is 463 g/mol. The molecule has 1 amide bonds. The van der Waals surface area contributed by atoms with Gasteiger partial charge in [-0.3, -0.25) is 4.79 Å². The van der Waals surface area contributed by atoms with Crippen LogP contribution >= 0.6 is 0 Å². The highest BCUT2D eigenvalue weighted by Gasteiger charge is 2.24. The molecule has 1 aliphatic rings. The van der Waals surface area contributed by atoms with Gasteiger partial charge in [-0.05, 0) is 54.2 Å². The maximum Gasteiger partial charge on any atom is 0.252 e. The molecule has 0 saturated carbocycles. The molecular weight excluding hydrogens is 432 g/mol. The van der Waals surface area contributed by atoms with E-state index in [2.05, 4.69) is 5.32 Å². The molecular formula is C27H30N2O3S. The van der Waals surface area contributed by atoms with E-state index in [1.165, 1.54) is 0 Å². The summed E-state index contributed by atoms with van der Waals surface area (Å²) in [6, 6.07) is 24.5. The highest BCUT2D eigenvalue weighted by molar-refractivity contribution is 7.88. The van der Waals surface area contributed by atoms with Gasteiger partial charge in [-0.15, -0.1) is 0 Å². The van der Waals surface area contributed by atoms with Gasteiger partial charge in [0.05, 0.1) is 11.8 Å². The Kier molecular flexibility index (Phi) is 7.26. The van der Waals surface area contributed by atoms with Crippen LogP contribution < -0.4 is 5.32 Å². The summed E-state index contributed by atoms with van der Waals surface area (Å²) < 4.78 is 27.0. The third-order valence-corrected chi connectivity index (χ3v) is 8.03. The Hall–Kier alpha value is -2.96. The summed E-state index contributed by atoms with van der Waals surface area (Å²) >= 11 is 0. The summed E-state index contributed by atoms with van der Waals surface area (Å²) in [4.78, 5) is 13.1. The third kappa shape index (κ3) is 5.70. The molecule has 0 aromatic heterocycles. The molecule has 3 aromatic carbocycles. The van der Waals surface area contributed by atoms with Crippen LogP contribution in [0.15, 0.2) is 78.9 Å². The first kappa shape index (κ1) is 23.2. The first-order valence-corrected chi connectivity index (χ1v) is 13.0. The van der Waals surface area contributed by atoms with Crippen LogP contribution in [0.1, 0.15) is 57.9 Å². The van der Waals surface area contributed by atoms with E-state index in [-0.39, 0.29) is 17.7 Å². The Morgan fingerprint density at radius 2 is 1.52 bits per heavy atom. The number of benzene rings is 3. The van der Waals surface area contributed by atoms with E-state index < -0.39 is 10.0 Å². The van der Waals surface area contributed by atoms with E-state index in [1.807, 2.05) is 61.5 Å². The first-order chi connectivity index (χ1) is 15.9. The first-order valence-electron chi connectivity index (χ1n) is 11.4. The zero-order valence-electron chi connectivity index (χ0n) is 18.9. The van der Waals surface area contributed by atoms with E-state index in [0.29, 0.717) is 24.2 Å². The number of hydrogen-bond acceptors (Lipinski definition) is 3. The highest BCUT2D eigenvalue weighted by atomic mass is 32.2. The molecule has 1 unspecified atom stereocenters. The fraction of sp³-hybridized carbons (Fsp3) is 0.296. The number of nitrogens with one attached hydrogen (secondary N) is 1. The summed E-state index contributed by atoms with van der Waals surface area (Å²) in [6.07, 6.45) is 2.92. The van der Waals surface area contributed by atoms with Gasteiger partial charge < -0.3 is 5.32 Å². The minimum absolute atomic E-state index is 0.0370. The Morgan fingerprint density at radius 1 is 0.879 bits per heavy atom. The minimum atomic E-state index is -3.33. The molecule has 172 valence electrons. The van der Waals surface area contributed by atoms with Crippen molar-refractivity contribution in [2.45, 2.75) is 38.0 Å². The van der Waals surface area contributed by atoms with Gasteiger partial charge in [0.25, 0.3) is 5.91 Å². The molecule has 6 heteroatoms. The Balaban J connectivity index is 1.50. The molecule has 0 aliphatic carbocycles. The SMILES string of the molecule is Cc1ccccc1C(NC(=O)c1ccc(CS(=O)(=O)N2CCCCC2)cc1)c1ccccc1. The predicted octanol–water partition coefficient (Wildman–Crippen LogP) is 4.83. The van der Waals surface area contributed by atoms with Crippen molar-refractivity contribution >= 4 is 15.9 Å². The van der Waals surface area contributed by atoms with Crippen molar-refractivity contribution in [1.29, 1.82) is 0 Å². The minimum Gasteiger partial charge on any atom is -0.341 e. The van der Waals surface area contributed by atoms with Crippen molar-refractivity contribution in [3.8, 4) is 0 Å². The predicted molar refractivity (Wildman–Crippen MR) is 131 cm³/mol. The molecule has 1 heterocycles. The van der Waals surface area contributed by atoms with Gasteiger partial charge in [-0.1, -0.05) is 73.2 Å². The number of piperidine rings is 1. The summed E-state index contributed by atoms with van der Waals surface area (Å²) in [6.45, 7) is 3.24. The van der Waals surface area contributed by atoms with Gasteiger partial charge in [0, 0.05) is 18.7 Å². The summed E-state index contributed by atoms with van der Waals surface area (Å²) in [7, 11) is -3.33. The van der Waals surface area contributed by atoms with Crippen molar-refractivity contribution in [2.24, 2.45) is 0 Å². The van der Waals surface area contributed by atoms with E-state index >= 15 is 0 Å². The van der Waals surface area contributed by atoms with Crippen molar-refractivity contribution in [3.05, 3.63) is 107 Å². The molecule has 1 fully saturated rings. The molecule has 1 saturated heterocycles. The second kappa shape index (κ2) is 10.3. The standard InChI is InChI=1S/C27H30N2O3S/c1-21-10-6-7-13-25(21)26(23-11-4-2-5-12-23)28-27(30)24-16-14-22(15-17-24)20-33(31,32)29-18-8-3-9-19-29/h2,4-7,10-17,26H,3,8-9,18-20H2,1H3,(H,28,30). The average Bonchev–Trinajstić information content (AvgIpc) is 2.84. The summed E-state index contributed by atoms with van der Waals surface area (Å²) in [5.74, 6) is -0.234. The molecule has 33 heavy (non-hydrogen) atoms. The lowest BCUT2D eigenvalue weighted by atomic mass is 9.94. The van der Waals surface area contributed by atoms with Crippen LogP contribution in [0.3, 0.4) is 0 Å². The number of sulfonamides is 1. The molecule has 1 aliphatic heterocycles. The zero-order valence-corrected chi connectivity index (χ0v) is 19.7. The number of carbonyl (C=O) groups is 1. The third-order valence-electron chi connectivity index (χ3n) is 6.18. The van der Waals surface area contributed by atoms with Gasteiger partial charge in [0.15, 0.2) is 0 Å². The van der Waals surface area contributed by atoms with Crippen LogP contribution in [-0.4, -0.2) is 31.7 Å². The maximum absolute atomic E-state index is 13.1. The molecule has 3 aromatic rings. The van der Waals surface area contributed by atoms with Crippen molar-refractivity contribution in [1.82, 2.24) is 9.62 Å². The number of rotatable bonds is 7. The van der Waals surface area contributed by atoms with E-state index in [1.54, 1.807) is 28.6 Å². The van der Waals surface area contributed by atoms with E-state index in [4.69, 9.17) is 0 Å². The molecule has 1 N–H and O–H groups in total. The lowest BCUT2D eigenvalue weighted by Gasteiger charge is -2.25. The van der Waals surface area contributed by atoms with Crippen molar-refractivity contribution in [3.63, 3.8) is 0 Å². The lowest BCUT2D eigenvalue weighted by molar-refractivity contribution is 0.0943. The molecule has 1 atom stereocenters. The molecule has 0 bridgehead atoms. The number of carbonyl (C=O) groups excluding carboxylic acids is 1. The molecule has 0 spiro atoms. The molecule has 0 radical (unpaired) electrons. The fourth-order valence-electron chi connectivity index (χ4n) is 4.31. The second-order valence-electron chi connectivity index (χ2n) is 8.59. The van der Waals surface area contributed by atoms with E-state index in [0.717, 1.165) is 36.0 Å². The highest BCUT2D eigenvalue weighted by Crippen LogP contribution is 2.25. The largest absolute Gasteiger partial charge is 0.341 e. The number of nitrogens with zero attached hydrogens (tertiary/aromatic N) is 1. The maximum atomic E-state index is 13.1. The zero-order chi connectivity index (χ0) is 23.3. The van der Waals surface area contributed by atoms with E-state index in [9.17, 15) is 13.2 Å². The lowest BCUT2D eigenvalue weighted by Crippen LogP contribution is -2.36. The van der Waals surface area contributed by atoms with Crippen LogP contribution in [0.5, 0.6) is 0 Å². The Labute approximate surface area is 196 Å². The van der Waals surface area contributed by atoms with Crippen molar-refractivity contribution in [2.75, 3.05) is 13.1 Å². The van der Waals surface area contributed by atoms with Gasteiger partial charge in [0.2, 0.25) is 10.0 Å². The van der Waals surface area contributed by atoms with Crippen molar-refractivity contribution < 1.29 is 13.2 Å². The van der Waals surface area contributed by atoms with Crippen LogP contribution in [-0.2, 0) is 15.8 Å². The summed E-state index contributed by atoms with van der Waals surface area (Å²) in [5, 5.41) is 3.16. The molecule has 5 nitrogen and oxygen atoms in total. The van der Waals surface area contributed by atoms with Gasteiger partial charge in [0.1, 0.15) is 0 Å². The fourth-order valence-corrected chi connectivity index (χ4v) is 5.92. The Bertz CT molecular complexity index is 1190. The summed E-state index contributed by atoms with van der Waals surface area (Å²) in [5.41, 5.74) is 4.34. The normalized spacial score (nSPS) is 15.7. The smallest absolute Gasteiger partial charge is 0.252 e. The van der Waals surface area contributed by atoms with Crippen LogP contribution in [0.4, 0.5) is 0 Å². The number of amides is 1.